The number of methoxy groups -OCH3 is 1. The second-order valence-electron chi connectivity index (χ2n) is 7.96. The van der Waals surface area contributed by atoms with Gasteiger partial charge in [0.05, 0.1) is 0 Å². The van der Waals surface area contributed by atoms with Gasteiger partial charge in [-0.3, -0.25) is 4.79 Å². The van der Waals surface area contributed by atoms with Gasteiger partial charge in [-0.25, -0.2) is 4.79 Å². The molecule has 0 aliphatic carbocycles. The summed E-state index contributed by atoms with van der Waals surface area (Å²) in [6.07, 6.45) is 1.98. The summed E-state index contributed by atoms with van der Waals surface area (Å²) in [6, 6.07) is 0. The molecule has 1 saturated heterocycles. The quantitative estimate of drug-likeness (QED) is 0.369. The van der Waals surface area contributed by atoms with Crippen LogP contribution in [0.5, 0.6) is 0 Å². The molecule has 0 N–H and O–H groups in total. The van der Waals surface area contributed by atoms with Gasteiger partial charge in [0.2, 0.25) is 0 Å². The van der Waals surface area contributed by atoms with Crippen LogP contribution in [0, 0.1) is 11.8 Å². The number of ether oxygens (including phenoxy) is 4. The molecule has 0 aromatic rings. The average molecular weight is 373 g/mol. The molecule has 0 aromatic carbocycles. The Bertz CT molecular complexity index is 448. The van der Waals surface area contributed by atoms with E-state index >= 15 is 0 Å². The first-order chi connectivity index (χ1) is 12.1. The molecule has 152 valence electrons. The number of rotatable bonds is 8. The highest BCUT2D eigenvalue weighted by atomic mass is 16.7. The number of nitrogens with zero attached hydrogens (tertiary/aromatic N) is 1. The number of hydrogen-bond acceptors (Lipinski definition) is 6. The number of esters is 1. The predicted molar refractivity (Wildman–Crippen MR) is 97.7 cm³/mol. The highest BCUT2D eigenvalue weighted by molar-refractivity contribution is 5.68. The van der Waals surface area contributed by atoms with Crippen LogP contribution < -0.4 is 0 Å². The summed E-state index contributed by atoms with van der Waals surface area (Å²) in [4.78, 5) is 25.6. The lowest BCUT2D eigenvalue weighted by Crippen LogP contribution is -2.50. The molecule has 3 atom stereocenters. The van der Waals surface area contributed by atoms with Gasteiger partial charge in [0.25, 0.3) is 0 Å². The fourth-order valence-electron chi connectivity index (χ4n) is 3.22. The van der Waals surface area contributed by atoms with Crippen molar-refractivity contribution in [3.63, 3.8) is 0 Å². The highest BCUT2D eigenvalue weighted by Gasteiger charge is 2.37. The SMILES string of the molecule is COCOCCCC(C)C1CN(C(=O)OC(C)(C)C)CCC1OC(C)=O. The van der Waals surface area contributed by atoms with Crippen LogP contribution in [0.4, 0.5) is 4.79 Å². The first-order valence-electron chi connectivity index (χ1n) is 9.36. The molecule has 0 saturated carbocycles. The van der Waals surface area contributed by atoms with Crippen LogP contribution in [0.15, 0.2) is 0 Å². The molecular formula is C19H35NO6. The van der Waals surface area contributed by atoms with Gasteiger partial charge in [-0.15, -0.1) is 0 Å². The van der Waals surface area contributed by atoms with Crippen molar-refractivity contribution >= 4 is 12.1 Å². The summed E-state index contributed by atoms with van der Waals surface area (Å²) >= 11 is 0. The zero-order chi connectivity index (χ0) is 19.7. The van der Waals surface area contributed by atoms with Crippen molar-refractivity contribution < 1.29 is 28.5 Å². The van der Waals surface area contributed by atoms with E-state index in [1.54, 1.807) is 12.0 Å². The third-order valence-electron chi connectivity index (χ3n) is 4.44. The largest absolute Gasteiger partial charge is 0.462 e. The highest BCUT2D eigenvalue weighted by Crippen LogP contribution is 2.30. The topological polar surface area (TPSA) is 74.3 Å². The van der Waals surface area contributed by atoms with E-state index in [0.717, 1.165) is 12.8 Å². The normalized spacial score (nSPS) is 22.0. The van der Waals surface area contributed by atoms with E-state index in [9.17, 15) is 9.59 Å². The Morgan fingerprint density at radius 2 is 1.96 bits per heavy atom. The maximum absolute atomic E-state index is 12.4. The summed E-state index contributed by atoms with van der Waals surface area (Å²) in [5.41, 5.74) is -0.524. The third-order valence-corrected chi connectivity index (χ3v) is 4.44. The maximum Gasteiger partial charge on any atom is 0.410 e. The van der Waals surface area contributed by atoms with Crippen LogP contribution in [0.2, 0.25) is 0 Å². The van der Waals surface area contributed by atoms with E-state index < -0.39 is 5.60 Å². The Morgan fingerprint density at radius 1 is 1.27 bits per heavy atom. The molecule has 1 rings (SSSR count). The Balaban J connectivity index is 2.66. The smallest absolute Gasteiger partial charge is 0.410 e. The second kappa shape index (κ2) is 10.7. The summed E-state index contributed by atoms with van der Waals surface area (Å²) < 4.78 is 21.2. The van der Waals surface area contributed by atoms with Gasteiger partial charge >= 0.3 is 12.1 Å². The molecule has 0 bridgehead atoms. The van der Waals surface area contributed by atoms with Gasteiger partial charge in [0.1, 0.15) is 18.5 Å². The minimum atomic E-state index is -0.524. The van der Waals surface area contributed by atoms with Crippen LogP contribution in [0.1, 0.15) is 53.9 Å². The van der Waals surface area contributed by atoms with Crippen LogP contribution in [0.25, 0.3) is 0 Å². The van der Waals surface area contributed by atoms with Gasteiger partial charge in [-0.2, -0.15) is 0 Å². The van der Waals surface area contributed by atoms with Crippen molar-refractivity contribution in [3.05, 3.63) is 0 Å². The van der Waals surface area contributed by atoms with Crippen LogP contribution >= 0.6 is 0 Å². The number of likely N-dealkylation sites (tertiary alicyclic amines) is 1. The number of carbonyl (C=O) groups is 2. The standard InChI is InChI=1S/C19H35NO6/c1-14(8-7-11-24-13-23-6)16-12-20(18(22)26-19(3,4)5)10-9-17(16)25-15(2)21/h14,16-17H,7-13H2,1-6H3. The molecule has 1 aliphatic rings. The second-order valence-corrected chi connectivity index (χ2v) is 7.96. The van der Waals surface area contributed by atoms with E-state index in [0.29, 0.717) is 32.9 Å². The molecule has 0 aromatic heterocycles. The predicted octanol–water partition coefficient (Wildman–Crippen LogP) is 3.21. The van der Waals surface area contributed by atoms with Crippen LogP contribution in [0.3, 0.4) is 0 Å². The lowest BCUT2D eigenvalue weighted by molar-refractivity contribution is -0.153. The van der Waals surface area contributed by atoms with E-state index in [1.807, 2.05) is 20.8 Å². The van der Waals surface area contributed by atoms with E-state index in [2.05, 4.69) is 6.92 Å². The van der Waals surface area contributed by atoms with Crippen molar-refractivity contribution in [1.29, 1.82) is 0 Å². The molecule has 0 radical (unpaired) electrons. The van der Waals surface area contributed by atoms with E-state index in [4.69, 9.17) is 18.9 Å². The lowest BCUT2D eigenvalue weighted by atomic mass is 9.82. The molecule has 1 amide bonds. The van der Waals surface area contributed by atoms with E-state index in [1.165, 1.54) is 6.92 Å². The van der Waals surface area contributed by atoms with Crippen molar-refractivity contribution in [2.45, 2.75) is 65.6 Å². The van der Waals surface area contributed by atoms with Gasteiger partial charge in [-0.1, -0.05) is 6.92 Å². The molecule has 1 heterocycles. The number of amides is 1. The Morgan fingerprint density at radius 3 is 2.54 bits per heavy atom. The summed E-state index contributed by atoms with van der Waals surface area (Å²) in [7, 11) is 1.60. The van der Waals surface area contributed by atoms with Gasteiger partial charge in [-0.05, 0) is 39.5 Å². The number of hydrogen-bond donors (Lipinski definition) is 0. The van der Waals surface area contributed by atoms with Gasteiger partial charge in [0.15, 0.2) is 0 Å². The van der Waals surface area contributed by atoms with Crippen LogP contribution in [-0.2, 0) is 23.7 Å². The first kappa shape index (κ1) is 22.7. The number of piperidine rings is 1. The molecular weight excluding hydrogens is 338 g/mol. The lowest BCUT2D eigenvalue weighted by Gasteiger charge is -2.41. The van der Waals surface area contributed by atoms with Crippen molar-refractivity contribution in [2.75, 3.05) is 33.6 Å². The third kappa shape index (κ3) is 8.36. The fourth-order valence-corrected chi connectivity index (χ4v) is 3.22. The fraction of sp³-hybridized carbons (Fsp3) is 0.895. The first-order valence-corrected chi connectivity index (χ1v) is 9.36. The Kier molecular flexibility index (Phi) is 9.36. The summed E-state index contributed by atoms with van der Waals surface area (Å²) in [6.45, 7) is 11.1. The Labute approximate surface area is 157 Å². The molecule has 1 fully saturated rings. The molecule has 7 heteroatoms. The summed E-state index contributed by atoms with van der Waals surface area (Å²) in [5.74, 6) is 0.0969. The summed E-state index contributed by atoms with van der Waals surface area (Å²) in [5, 5.41) is 0. The number of carbonyl (C=O) groups excluding carboxylic acids is 2. The van der Waals surface area contributed by atoms with E-state index in [-0.39, 0.29) is 30.0 Å². The van der Waals surface area contributed by atoms with Crippen molar-refractivity contribution in [1.82, 2.24) is 4.90 Å². The minimum absolute atomic E-state index is 0.0857. The monoisotopic (exact) mass is 373 g/mol. The van der Waals surface area contributed by atoms with Crippen molar-refractivity contribution in [3.8, 4) is 0 Å². The average Bonchev–Trinajstić information content (AvgIpc) is 2.52. The zero-order valence-corrected chi connectivity index (χ0v) is 17.1. The molecule has 0 spiro atoms. The molecule has 26 heavy (non-hydrogen) atoms. The van der Waals surface area contributed by atoms with Crippen LogP contribution in [-0.4, -0.2) is 62.3 Å². The van der Waals surface area contributed by atoms with Gasteiger partial charge < -0.3 is 23.8 Å². The molecule has 3 unspecified atom stereocenters. The van der Waals surface area contributed by atoms with Crippen molar-refractivity contribution in [2.24, 2.45) is 11.8 Å². The maximum atomic E-state index is 12.4. The molecule has 1 aliphatic heterocycles. The zero-order valence-electron chi connectivity index (χ0n) is 17.1. The minimum Gasteiger partial charge on any atom is -0.462 e. The molecule has 7 nitrogen and oxygen atoms in total. The van der Waals surface area contributed by atoms with Gasteiger partial charge in [0, 0.05) is 46.1 Å². The Hall–Kier alpha value is -1.34.